The zero-order valence-corrected chi connectivity index (χ0v) is 22.4. The number of nitrogens with one attached hydrogen (secondary N) is 2. The Morgan fingerprint density at radius 1 is 1.03 bits per heavy atom. The summed E-state index contributed by atoms with van der Waals surface area (Å²) in [4.78, 5) is 6.96. The van der Waals surface area contributed by atoms with E-state index in [-0.39, 0.29) is 35.6 Å². The van der Waals surface area contributed by atoms with Crippen LogP contribution in [0.25, 0.3) is 0 Å². The van der Waals surface area contributed by atoms with Crippen LogP contribution < -0.4 is 15.4 Å². The molecule has 1 saturated heterocycles. The number of benzene rings is 2. The van der Waals surface area contributed by atoms with Gasteiger partial charge in [0.25, 0.3) is 0 Å². The first-order valence-electron chi connectivity index (χ1n) is 12.4. The summed E-state index contributed by atoms with van der Waals surface area (Å²) >= 11 is 0. The maximum atomic E-state index is 6.51. The van der Waals surface area contributed by atoms with Crippen molar-refractivity contribution < 1.29 is 9.47 Å². The monoisotopic (exact) mass is 576 g/mol. The summed E-state index contributed by atoms with van der Waals surface area (Å²) in [5, 5.41) is 7.20. The molecule has 34 heavy (non-hydrogen) atoms. The molecule has 3 aliphatic rings. The number of hydrogen-bond donors (Lipinski definition) is 2. The van der Waals surface area contributed by atoms with Crippen molar-refractivity contribution in [2.45, 2.75) is 56.8 Å². The van der Waals surface area contributed by atoms with E-state index >= 15 is 0 Å². The van der Waals surface area contributed by atoms with E-state index < -0.39 is 0 Å². The number of morpholine rings is 1. The van der Waals surface area contributed by atoms with Gasteiger partial charge < -0.3 is 20.1 Å². The van der Waals surface area contributed by atoms with Crippen LogP contribution in [0.1, 0.15) is 54.8 Å². The molecule has 1 spiro atoms. The summed E-state index contributed by atoms with van der Waals surface area (Å²) in [6.07, 6.45) is 5.78. The van der Waals surface area contributed by atoms with Crippen LogP contribution >= 0.6 is 24.0 Å². The van der Waals surface area contributed by atoms with Crippen molar-refractivity contribution in [1.29, 1.82) is 0 Å². The minimum Gasteiger partial charge on any atom is -0.487 e. The molecule has 1 aliphatic carbocycles. The van der Waals surface area contributed by atoms with Crippen molar-refractivity contribution in [2.24, 2.45) is 4.99 Å². The topological polar surface area (TPSA) is 58.1 Å². The van der Waals surface area contributed by atoms with Gasteiger partial charge in [0.1, 0.15) is 11.4 Å². The lowest BCUT2D eigenvalue weighted by Gasteiger charge is -2.40. The van der Waals surface area contributed by atoms with Gasteiger partial charge in [0.2, 0.25) is 0 Å². The first kappa shape index (κ1) is 25.3. The SMILES string of the molecule is CN=C(NCc1ccc(CN2CCOCC2)cc1)NC1CC2(CCCC2)Oc2ccccc21.I. The average Bonchev–Trinajstić information content (AvgIpc) is 3.30. The van der Waals surface area contributed by atoms with E-state index in [1.165, 1.54) is 29.5 Å². The predicted octanol–water partition coefficient (Wildman–Crippen LogP) is 4.64. The number of para-hydroxylation sites is 1. The molecule has 2 heterocycles. The molecule has 2 aliphatic heterocycles. The highest BCUT2D eigenvalue weighted by molar-refractivity contribution is 14.0. The van der Waals surface area contributed by atoms with Gasteiger partial charge in [-0.15, -0.1) is 24.0 Å². The largest absolute Gasteiger partial charge is 0.487 e. The Morgan fingerprint density at radius 2 is 1.74 bits per heavy atom. The van der Waals surface area contributed by atoms with E-state index in [0.29, 0.717) is 0 Å². The first-order valence-corrected chi connectivity index (χ1v) is 12.4. The number of nitrogens with zero attached hydrogens (tertiary/aromatic N) is 2. The third-order valence-electron chi connectivity index (χ3n) is 7.24. The minimum atomic E-state index is -0.0266. The van der Waals surface area contributed by atoms with Gasteiger partial charge >= 0.3 is 0 Å². The van der Waals surface area contributed by atoms with Crippen molar-refractivity contribution >= 4 is 29.9 Å². The van der Waals surface area contributed by atoms with Crippen LogP contribution in [0.2, 0.25) is 0 Å². The van der Waals surface area contributed by atoms with Gasteiger partial charge in [-0.3, -0.25) is 9.89 Å². The lowest BCUT2D eigenvalue weighted by molar-refractivity contribution is 0.0342. The molecule has 0 radical (unpaired) electrons. The molecule has 0 amide bonds. The molecule has 7 heteroatoms. The lowest BCUT2D eigenvalue weighted by Crippen LogP contribution is -2.46. The fraction of sp³-hybridized carbons (Fsp3) is 0.519. The first-order chi connectivity index (χ1) is 16.2. The normalized spacial score (nSPS) is 21.9. The molecule has 184 valence electrons. The number of guanidine groups is 1. The highest BCUT2D eigenvalue weighted by atomic mass is 127. The molecule has 1 unspecified atom stereocenters. The number of halogens is 1. The molecule has 2 N–H and O–H groups in total. The number of rotatable bonds is 5. The fourth-order valence-electron chi connectivity index (χ4n) is 5.40. The number of aliphatic imine (C=N–C) groups is 1. The summed E-state index contributed by atoms with van der Waals surface area (Å²) in [5.41, 5.74) is 3.80. The summed E-state index contributed by atoms with van der Waals surface area (Å²) in [7, 11) is 1.84. The third kappa shape index (κ3) is 6.04. The van der Waals surface area contributed by atoms with Crippen LogP contribution in [0, 0.1) is 0 Å². The molecule has 2 aromatic carbocycles. The maximum Gasteiger partial charge on any atom is 0.191 e. The van der Waals surface area contributed by atoms with Gasteiger partial charge in [-0.25, -0.2) is 0 Å². The molecule has 2 aromatic rings. The summed E-state index contributed by atoms with van der Waals surface area (Å²) in [5.74, 6) is 1.86. The zero-order chi connectivity index (χ0) is 22.5. The third-order valence-corrected chi connectivity index (χ3v) is 7.24. The number of hydrogen-bond acceptors (Lipinski definition) is 4. The Bertz CT molecular complexity index is 953. The molecular formula is C27H37IN4O2. The molecular weight excluding hydrogens is 539 g/mol. The minimum absolute atomic E-state index is 0. The molecule has 1 atom stereocenters. The zero-order valence-electron chi connectivity index (χ0n) is 20.1. The van der Waals surface area contributed by atoms with Gasteiger partial charge in [0.05, 0.1) is 19.3 Å². The van der Waals surface area contributed by atoms with Crippen molar-refractivity contribution in [3.8, 4) is 5.75 Å². The molecule has 5 rings (SSSR count). The molecule has 1 saturated carbocycles. The second-order valence-corrected chi connectivity index (χ2v) is 9.56. The lowest BCUT2D eigenvalue weighted by atomic mass is 9.86. The molecule has 0 aromatic heterocycles. The standard InChI is InChI=1S/C27H36N4O2.HI/c1-28-26(29-19-21-8-10-22(11-9-21)20-31-14-16-32-17-15-31)30-24-18-27(12-4-5-13-27)33-25-7-3-2-6-23(24)25;/h2-3,6-11,24H,4-5,12-20H2,1H3,(H2,28,29,30);1H. The second-order valence-electron chi connectivity index (χ2n) is 9.56. The van der Waals surface area contributed by atoms with Crippen molar-refractivity contribution in [3.05, 3.63) is 65.2 Å². The molecule has 2 fully saturated rings. The smallest absolute Gasteiger partial charge is 0.191 e. The molecule has 6 nitrogen and oxygen atoms in total. The van der Waals surface area contributed by atoms with E-state index in [1.807, 2.05) is 7.05 Å². The predicted molar refractivity (Wildman–Crippen MR) is 147 cm³/mol. The van der Waals surface area contributed by atoms with E-state index in [4.69, 9.17) is 9.47 Å². The van der Waals surface area contributed by atoms with Crippen LogP contribution in [-0.2, 0) is 17.8 Å². The maximum absolute atomic E-state index is 6.51. The van der Waals surface area contributed by atoms with Crippen molar-refractivity contribution in [1.82, 2.24) is 15.5 Å². The van der Waals surface area contributed by atoms with Crippen LogP contribution in [0.5, 0.6) is 5.75 Å². The van der Waals surface area contributed by atoms with Crippen LogP contribution in [0.15, 0.2) is 53.5 Å². The summed E-state index contributed by atoms with van der Waals surface area (Å²) < 4.78 is 12.0. The van der Waals surface area contributed by atoms with Gasteiger partial charge in [0.15, 0.2) is 5.96 Å². The number of ether oxygens (including phenoxy) is 2. The van der Waals surface area contributed by atoms with E-state index in [1.54, 1.807) is 0 Å². The Balaban J connectivity index is 0.00000274. The fourth-order valence-corrected chi connectivity index (χ4v) is 5.40. The second kappa shape index (κ2) is 11.7. The van der Waals surface area contributed by atoms with E-state index in [9.17, 15) is 0 Å². The Hall–Kier alpha value is -1.84. The van der Waals surface area contributed by atoms with Crippen LogP contribution in [0.4, 0.5) is 0 Å². The van der Waals surface area contributed by atoms with Crippen LogP contribution in [0.3, 0.4) is 0 Å². The highest BCUT2D eigenvalue weighted by Gasteiger charge is 2.43. The summed E-state index contributed by atoms with van der Waals surface area (Å²) in [6, 6.07) is 17.6. The summed E-state index contributed by atoms with van der Waals surface area (Å²) in [6.45, 7) is 5.45. The Kier molecular flexibility index (Phi) is 8.71. The highest BCUT2D eigenvalue weighted by Crippen LogP contribution is 2.46. The van der Waals surface area contributed by atoms with Crippen molar-refractivity contribution in [2.75, 3.05) is 33.4 Å². The van der Waals surface area contributed by atoms with E-state index in [0.717, 1.165) is 70.4 Å². The van der Waals surface area contributed by atoms with Gasteiger partial charge in [0, 0.05) is 45.2 Å². The molecule has 0 bridgehead atoms. The average molecular weight is 577 g/mol. The van der Waals surface area contributed by atoms with Gasteiger partial charge in [-0.2, -0.15) is 0 Å². The number of fused-ring (bicyclic) bond motifs is 1. The van der Waals surface area contributed by atoms with Gasteiger partial charge in [-0.1, -0.05) is 42.5 Å². The quantitative estimate of drug-likeness (QED) is 0.309. The van der Waals surface area contributed by atoms with Gasteiger partial charge in [-0.05, 0) is 42.9 Å². The Morgan fingerprint density at radius 3 is 2.47 bits per heavy atom. The van der Waals surface area contributed by atoms with Crippen LogP contribution in [-0.4, -0.2) is 49.8 Å². The Labute approximate surface area is 220 Å². The van der Waals surface area contributed by atoms with Crippen molar-refractivity contribution in [3.63, 3.8) is 0 Å². The van der Waals surface area contributed by atoms with E-state index in [2.05, 4.69) is 69.1 Å².